The highest BCUT2D eigenvalue weighted by atomic mass is 16.6. The lowest BCUT2D eigenvalue weighted by Gasteiger charge is -2.35. The van der Waals surface area contributed by atoms with E-state index < -0.39 is 6.09 Å². The van der Waals surface area contributed by atoms with Crippen molar-refractivity contribution in [1.29, 1.82) is 0 Å². The van der Waals surface area contributed by atoms with Crippen molar-refractivity contribution in [1.82, 2.24) is 9.88 Å². The zero-order valence-electron chi connectivity index (χ0n) is 15.4. The molecule has 1 fully saturated rings. The molecule has 2 amide bonds. The molecule has 4 rings (SSSR count). The maximum Gasteiger partial charge on any atom is 0.420 e. The second-order valence-corrected chi connectivity index (χ2v) is 7.04. The molecular weight excluding hydrogens is 344 g/mol. The standard InChI is InChI=1S/C20H22N4O3/c1-13-12-14(9-11-23(13)2)27-20(26)24-17-8-4-3-6-15(17)19(25)22-16-7-5-10-21-18(16)24/h3-8,10,13-14H,9,11-12H2,1-2H3,(H,22,25)/t13-,14-/m0/s1. The summed E-state index contributed by atoms with van der Waals surface area (Å²) in [6, 6.07) is 10.8. The van der Waals surface area contributed by atoms with Gasteiger partial charge in [0.25, 0.3) is 5.91 Å². The van der Waals surface area contributed by atoms with Crippen LogP contribution in [0.15, 0.2) is 42.6 Å². The fourth-order valence-electron chi connectivity index (χ4n) is 3.57. The molecule has 0 spiro atoms. The van der Waals surface area contributed by atoms with Gasteiger partial charge in [0.1, 0.15) is 6.10 Å². The topological polar surface area (TPSA) is 74.8 Å². The van der Waals surface area contributed by atoms with Gasteiger partial charge in [-0.05, 0) is 51.1 Å². The van der Waals surface area contributed by atoms with E-state index in [2.05, 4.69) is 29.2 Å². The van der Waals surface area contributed by atoms with Crippen LogP contribution in [0.3, 0.4) is 0 Å². The van der Waals surface area contributed by atoms with Crippen molar-refractivity contribution in [3.05, 3.63) is 48.2 Å². The number of aromatic nitrogens is 1. The van der Waals surface area contributed by atoms with Crippen LogP contribution in [0.25, 0.3) is 0 Å². The molecule has 1 aromatic heterocycles. The molecule has 140 valence electrons. The van der Waals surface area contributed by atoms with Gasteiger partial charge in [-0.25, -0.2) is 14.7 Å². The largest absolute Gasteiger partial charge is 0.445 e. The van der Waals surface area contributed by atoms with Crippen LogP contribution in [0.1, 0.15) is 30.1 Å². The van der Waals surface area contributed by atoms with Crippen LogP contribution < -0.4 is 10.2 Å². The maximum absolute atomic E-state index is 13.2. The van der Waals surface area contributed by atoms with E-state index in [1.807, 2.05) is 0 Å². The molecule has 3 heterocycles. The third kappa shape index (κ3) is 3.26. The van der Waals surface area contributed by atoms with Crippen LogP contribution in [0.5, 0.6) is 0 Å². The molecule has 0 bridgehead atoms. The summed E-state index contributed by atoms with van der Waals surface area (Å²) in [6.07, 6.45) is 2.49. The number of pyridine rings is 1. The van der Waals surface area contributed by atoms with Crippen molar-refractivity contribution in [3.63, 3.8) is 0 Å². The highest BCUT2D eigenvalue weighted by Gasteiger charge is 2.34. The van der Waals surface area contributed by atoms with Crippen molar-refractivity contribution in [2.45, 2.75) is 31.9 Å². The van der Waals surface area contributed by atoms with Gasteiger partial charge >= 0.3 is 6.09 Å². The van der Waals surface area contributed by atoms with Crippen molar-refractivity contribution in [2.24, 2.45) is 0 Å². The number of ether oxygens (including phenoxy) is 1. The molecule has 2 atom stereocenters. The summed E-state index contributed by atoms with van der Waals surface area (Å²) in [4.78, 5) is 33.7. The molecule has 7 nitrogen and oxygen atoms in total. The number of rotatable bonds is 1. The summed E-state index contributed by atoms with van der Waals surface area (Å²) in [5, 5.41) is 2.82. The van der Waals surface area contributed by atoms with Crippen LogP contribution in [-0.2, 0) is 4.74 Å². The third-order valence-electron chi connectivity index (χ3n) is 5.25. The number of piperidine rings is 1. The predicted molar refractivity (Wildman–Crippen MR) is 102 cm³/mol. The molecule has 0 aliphatic carbocycles. The van der Waals surface area contributed by atoms with E-state index in [9.17, 15) is 9.59 Å². The number of nitrogens with one attached hydrogen (secondary N) is 1. The minimum absolute atomic E-state index is 0.157. The van der Waals surface area contributed by atoms with Crippen LogP contribution in [-0.4, -0.2) is 47.6 Å². The molecular formula is C20H22N4O3. The van der Waals surface area contributed by atoms with Crippen molar-refractivity contribution in [2.75, 3.05) is 23.8 Å². The summed E-state index contributed by atoms with van der Waals surface area (Å²) >= 11 is 0. The molecule has 1 saturated heterocycles. The Morgan fingerprint density at radius 1 is 1.26 bits per heavy atom. The number of likely N-dealkylation sites (tertiary alicyclic amines) is 1. The summed E-state index contributed by atoms with van der Waals surface area (Å²) in [5.74, 6) is 0.0878. The Kier molecular flexibility index (Phi) is 4.53. The number of fused-ring (bicyclic) bond motifs is 2. The number of anilines is 3. The SMILES string of the molecule is C[C@H]1C[C@@H](OC(=O)N2c3ccccc3C(=O)Nc3cccnc32)CCN1C. The van der Waals surface area contributed by atoms with Crippen molar-refractivity contribution < 1.29 is 14.3 Å². The monoisotopic (exact) mass is 366 g/mol. The van der Waals surface area contributed by atoms with Gasteiger partial charge in [-0.1, -0.05) is 12.1 Å². The first kappa shape index (κ1) is 17.5. The molecule has 7 heteroatoms. The van der Waals surface area contributed by atoms with Gasteiger partial charge in [-0.3, -0.25) is 4.79 Å². The fraction of sp³-hybridized carbons (Fsp3) is 0.350. The average Bonchev–Trinajstić information content (AvgIpc) is 2.79. The average molecular weight is 366 g/mol. The van der Waals surface area contributed by atoms with E-state index in [1.54, 1.807) is 42.6 Å². The molecule has 1 aromatic carbocycles. The minimum Gasteiger partial charge on any atom is -0.445 e. The zero-order valence-corrected chi connectivity index (χ0v) is 15.4. The third-order valence-corrected chi connectivity index (χ3v) is 5.25. The van der Waals surface area contributed by atoms with E-state index in [0.717, 1.165) is 19.4 Å². The molecule has 2 aromatic rings. The van der Waals surface area contributed by atoms with Gasteiger partial charge in [0.15, 0.2) is 5.82 Å². The molecule has 0 saturated carbocycles. The lowest BCUT2D eigenvalue weighted by molar-refractivity contribution is 0.0416. The van der Waals surface area contributed by atoms with Gasteiger partial charge in [0.05, 0.1) is 16.9 Å². The molecule has 0 unspecified atom stereocenters. The Morgan fingerprint density at radius 3 is 2.89 bits per heavy atom. The Balaban J connectivity index is 1.70. The van der Waals surface area contributed by atoms with E-state index in [-0.39, 0.29) is 12.0 Å². The summed E-state index contributed by atoms with van der Waals surface area (Å²) in [6.45, 7) is 3.01. The normalized spacial score (nSPS) is 22.3. The van der Waals surface area contributed by atoms with Crippen LogP contribution in [0.4, 0.5) is 22.0 Å². The van der Waals surface area contributed by atoms with Crippen molar-refractivity contribution in [3.8, 4) is 0 Å². The fourth-order valence-corrected chi connectivity index (χ4v) is 3.57. The van der Waals surface area contributed by atoms with E-state index in [0.29, 0.717) is 28.8 Å². The van der Waals surface area contributed by atoms with Crippen molar-refractivity contribution >= 4 is 29.2 Å². The molecule has 2 aliphatic heterocycles. The Labute approximate surface area is 157 Å². The highest BCUT2D eigenvalue weighted by molar-refractivity contribution is 6.16. The highest BCUT2D eigenvalue weighted by Crippen LogP contribution is 2.37. The quantitative estimate of drug-likeness (QED) is 0.837. The Bertz CT molecular complexity index is 885. The maximum atomic E-state index is 13.2. The smallest absolute Gasteiger partial charge is 0.420 e. The van der Waals surface area contributed by atoms with Gasteiger partial charge in [-0.2, -0.15) is 0 Å². The number of carbonyl (C=O) groups is 2. The van der Waals surface area contributed by atoms with E-state index in [4.69, 9.17) is 4.74 Å². The number of benzene rings is 1. The number of nitrogens with zero attached hydrogens (tertiary/aromatic N) is 3. The van der Waals surface area contributed by atoms with Crippen LogP contribution >= 0.6 is 0 Å². The first-order valence-electron chi connectivity index (χ1n) is 9.11. The number of amides is 2. The lowest BCUT2D eigenvalue weighted by atomic mass is 10.0. The molecule has 2 aliphatic rings. The predicted octanol–water partition coefficient (Wildman–Crippen LogP) is 3.40. The molecule has 1 N–H and O–H groups in total. The van der Waals surface area contributed by atoms with Gasteiger partial charge in [0.2, 0.25) is 0 Å². The number of hydrogen-bond acceptors (Lipinski definition) is 5. The summed E-state index contributed by atoms with van der Waals surface area (Å²) < 4.78 is 5.84. The lowest BCUT2D eigenvalue weighted by Crippen LogP contribution is -2.43. The zero-order chi connectivity index (χ0) is 19.0. The second-order valence-electron chi connectivity index (χ2n) is 7.04. The first-order valence-corrected chi connectivity index (χ1v) is 9.11. The Hall–Kier alpha value is -2.93. The molecule has 0 radical (unpaired) electrons. The minimum atomic E-state index is -0.513. The Morgan fingerprint density at radius 2 is 2.07 bits per heavy atom. The molecule has 27 heavy (non-hydrogen) atoms. The summed E-state index contributed by atoms with van der Waals surface area (Å²) in [7, 11) is 2.07. The van der Waals surface area contributed by atoms with E-state index in [1.165, 1.54) is 4.90 Å². The van der Waals surface area contributed by atoms with Gasteiger partial charge < -0.3 is 15.0 Å². The number of hydrogen-bond donors (Lipinski definition) is 1. The van der Waals surface area contributed by atoms with E-state index >= 15 is 0 Å². The summed E-state index contributed by atoms with van der Waals surface area (Å²) in [5.41, 5.74) is 1.36. The second kappa shape index (κ2) is 7.00. The van der Waals surface area contributed by atoms with Crippen LogP contribution in [0.2, 0.25) is 0 Å². The number of carbonyl (C=O) groups excluding carboxylic acids is 2. The van der Waals surface area contributed by atoms with Crippen LogP contribution in [0, 0.1) is 0 Å². The number of para-hydroxylation sites is 1. The van der Waals surface area contributed by atoms with Gasteiger partial charge in [-0.15, -0.1) is 0 Å². The first-order chi connectivity index (χ1) is 13.0. The van der Waals surface area contributed by atoms with Gasteiger partial charge in [0, 0.05) is 18.8 Å².